The zero-order valence-electron chi connectivity index (χ0n) is 10.9. The van der Waals surface area contributed by atoms with Gasteiger partial charge in [0, 0.05) is 12.1 Å². The fourth-order valence-corrected chi connectivity index (χ4v) is 2.32. The van der Waals surface area contributed by atoms with E-state index in [-0.39, 0.29) is 6.61 Å². The molecule has 0 radical (unpaired) electrons. The lowest BCUT2D eigenvalue weighted by Gasteiger charge is -1.96. The van der Waals surface area contributed by atoms with Crippen LogP contribution in [0, 0.1) is 0 Å². The van der Waals surface area contributed by atoms with Crippen molar-refractivity contribution in [2.45, 2.75) is 6.61 Å². The number of furan rings is 1. The largest absolute Gasteiger partial charge is 0.465 e. The zero-order valence-corrected chi connectivity index (χ0v) is 11.7. The molecular weight excluding hydrogens is 290 g/mol. The van der Waals surface area contributed by atoms with E-state index in [4.69, 9.17) is 13.7 Å². The first kappa shape index (κ1) is 13.4. The highest BCUT2D eigenvalue weighted by atomic mass is 32.1. The molecule has 3 heterocycles. The Balaban J connectivity index is 1.54. The van der Waals surface area contributed by atoms with E-state index < -0.39 is 5.97 Å². The predicted octanol–water partition coefficient (Wildman–Crippen LogP) is 3.75. The first-order chi connectivity index (χ1) is 10.3. The van der Waals surface area contributed by atoms with Crippen LogP contribution in [0.15, 0.2) is 57.0 Å². The maximum Gasteiger partial charge on any atom is 0.331 e. The summed E-state index contributed by atoms with van der Waals surface area (Å²) in [6.07, 6.45) is 4.38. The van der Waals surface area contributed by atoms with E-state index in [0.29, 0.717) is 17.2 Å². The van der Waals surface area contributed by atoms with Gasteiger partial charge >= 0.3 is 5.97 Å². The number of carbonyl (C=O) groups is 1. The number of esters is 1. The molecule has 0 fully saturated rings. The Labute approximate surface area is 124 Å². The lowest BCUT2D eigenvalue weighted by Crippen LogP contribution is -2.00. The van der Waals surface area contributed by atoms with Gasteiger partial charge in [-0.05, 0) is 29.7 Å². The molecule has 0 spiro atoms. The molecule has 5 nitrogen and oxygen atoms in total. The van der Waals surface area contributed by atoms with Gasteiger partial charge in [-0.25, -0.2) is 4.79 Å². The van der Waals surface area contributed by atoms with Gasteiger partial charge in [0.25, 0.3) is 0 Å². The van der Waals surface area contributed by atoms with Crippen LogP contribution in [0.25, 0.3) is 16.7 Å². The third-order valence-corrected chi connectivity index (χ3v) is 3.50. The van der Waals surface area contributed by atoms with Crippen LogP contribution in [-0.4, -0.2) is 11.1 Å². The number of thiophene rings is 1. The van der Waals surface area contributed by atoms with E-state index in [0.717, 1.165) is 4.88 Å². The molecule has 0 unspecified atom stereocenters. The van der Waals surface area contributed by atoms with Gasteiger partial charge in [-0.2, -0.15) is 0 Å². The van der Waals surface area contributed by atoms with E-state index >= 15 is 0 Å². The second-order valence-electron chi connectivity index (χ2n) is 4.12. The van der Waals surface area contributed by atoms with Gasteiger partial charge in [-0.1, -0.05) is 11.2 Å². The van der Waals surface area contributed by atoms with Gasteiger partial charge in [-0.3, -0.25) is 0 Å². The molecule has 21 heavy (non-hydrogen) atoms. The van der Waals surface area contributed by atoms with Crippen molar-refractivity contribution >= 4 is 23.4 Å². The van der Waals surface area contributed by atoms with Crippen molar-refractivity contribution in [3.05, 3.63) is 59.5 Å². The summed E-state index contributed by atoms with van der Waals surface area (Å²) in [5.41, 5.74) is 0.568. The van der Waals surface area contributed by atoms with Crippen LogP contribution in [0.1, 0.15) is 11.5 Å². The summed E-state index contributed by atoms with van der Waals surface area (Å²) in [7, 11) is 0. The van der Waals surface area contributed by atoms with Gasteiger partial charge in [-0.15, -0.1) is 11.3 Å². The summed E-state index contributed by atoms with van der Waals surface area (Å²) >= 11 is 1.56. The van der Waals surface area contributed by atoms with Crippen LogP contribution in [-0.2, 0) is 16.1 Å². The Bertz CT molecular complexity index is 726. The molecule has 0 N–H and O–H groups in total. The molecule has 3 aromatic heterocycles. The molecule has 0 aliphatic carbocycles. The predicted molar refractivity (Wildman–Crippen MR) is 77.4 cm³/mol. The average Bonchev–Trinajstić information content (AvgIpc) is 3.24. The first-order valence-electron chi connectivity index (χ1n) is 6.19. The highest BCUT2D eigenvalue weighted by molar-refractivity contribution is 7.13. The maximum atomic E-state index is 11.5. The van der Waals surface area contributed by atoms with Crippen LogP contribution in [0.5, 0.6) is 0 Å². The molecule has 6 heteroatoms. The average molecular weight is 301 g/mol. The Morgan fingerprint density at radius 2 is 2.33 bits per heavy atom. The van der Waals surface area contributed by atoms with Crippen molar-refractivity contribution in [3.63, 3.8) is 0 Å². The summed E-state index contributed by atoms with van der Waals surface area (Å²) in [6.45, 7) is 0.0657. The van der Waals surface area contributed by atoms with Crippen LogP contribution < -0.4 is 0 Å². The molecule has 0 aliphatic heterocycles. The molecule has 106 valence electrons. The van der Waals surface area contributed by atoms with E-state index in [1.165, 1.54) is 12.3 Å². The quantitative estimate of drug-likeness (QED) is 0.530. The summed E-state index contributed by atoms with van der Waals surface area (Å²) in [4.78, 5) is 12.5. The second kappa shape index (κ2) is 6.23. The van der Waals surface area contributed by atoms with Gasteiger partial charge < -0.3 is 13.7 Å². The van der Waals surface area contributed by atoms with Crippen LogP contribution in [0.4, 0.5) is 0 Å². The highest BCUT2D eigenvalue weighted by Gasteiger charge is 2.08. The molecule has 0 amide bonds. The Morgan fingerprint density at radius 1 is 1.38 bits per heavy atom. The third-order valence-electron chi connectivity index (χ3n) is 2.61. The normalized spacial score (nSPS) is 11.0. The van der Waals surface area contributed by atoms with Gasteiger partial charge in [0.2, 0.25) is 0 Å². The van der Waals surface area contributed by atoms with E-state index in [9.17, 15) is 4.79 Å². The van der Waals surface area contributed by atoms with Gasteiger partial charge in [0.1, 0.15) is 18.1 Å². The Kier molecular flexibility index (Phi) is 3.97. The van der Waals surface area contributed by atoms with Crippen molar-refractivity contribution < 1.29 is 18.5 Å². The molecule has 0 aliphatic rings. The second-order valence-corrected chi connectivity index (χ2v) is 5.06. The SMILES string of the molecule is O=C(/C=C/c1ccco1)OCc1cc(-c2cccs2)on1. The summed E-state index contributed by atoms with van der Waals surface area (Å²) in [5, 5.41) is 5.82. The van der Waals surface area contributed by atoms with Gasteiger partial charge in [0.05, 0.1) is 11.1 Å². The lowest BCUT2D eigenvalue weighted by atomic mass is 10.3. The smallest absolute Gasteiger partial charge is 0.331 e. The van der Waals surface area contributed by atoms with Crippen molar-refractivity contribution in [1.82, 2.24) is 5.16 Å². The zero-order chi connectivity index (χ0) is 14.5. The summed E-state index contributed by atoms with van der Waals surface area (Å²) < 4.78 is 15.3. The summed E-state index contributed by atoms with van der Waals surface area (Å²) in [5.74, 6) is 0.794. The van der Waals surface area contributed by atoms with E-state index in [2.05, 4.69) is 5.16 Å². The van der Waals surface area contributed by atoms with E-state index in [1.807, 2.05) is 17.5 Å². The highest BCUT2D eigenvalue weighted by Crippen LogP contribution is 2.25. The Hall–Kier alpha value is -2.60. The fraction of sp³-hybridized carbons (Fsp3) is 0.0667. The Morgan fingerprint density at radius 3 is 3.10 bits per heavy atom. The molecule has 3 rings (SSSR count). The minimum absolute atomic E-state index is 0.0657. The molecule has 0 saturated heterocycles. The molecule has 0 aromatic carbocycles. The molecular formula is C15H11NO4S. The van der Waals surface area contributed by atoms with Crippen LogP contribution >= 0.6 is 11.3 Å². The van der Waals surface area contributed by atoms with Crippen molar-refractivity contribution in [2.24, 2.45) is 0 Å². The number of rotatable bonds is 5. The standard InChI is InChI=1S/C15H11NO4S/c17-15(6-5-12-3-1-7-18-12)19-10-11-9-13(20-16-11)14-4-2-8-21-14/h1-9H,10H2/b6-5+. The van der Waals surface area contributed by atoms with Gasteiger partial charge in [0.15, 0.2) is 5.76 Å². The fourth-order valence-electron chi connectivity index (χ4n) is 1.64. The minimum atomic E-state index is -0.466. The molecule has 0 bridgehead atoms. The monoisotopic (exact) mass is 301 g/mol. The van der Waals surface area contributed by atoms with Crippen molar-refractivity contribution in [3.8, 4) is 10.6 Å². The number of aromatic nitrogens is 1. The number of carbonyl (C=O) groups excluding carboxylic acids is 1. The lowest BCUT2D eigenvalue weighted by molar-refractivity contribution is -0.139. The minimum Gasteiger partial charge on any atom is -0.465 e. The van der Waals surface area contributed by atoms with Crippen LogP contribution in [0.3, 0.4) is 0 Å². The number of hydrogen-bond donors (Lipinski definition) is 0. The molecule has 3 aromatic rings. The van der Waals surface area contributed by atoms with Crippen LogP contribution in [0.2, 0.25) is 0 Å². The topological polar surface area (TPSA) is 65.5 Å². The third kappa shape index (κ3) is 3.49. The molecule has 0 atom stereocenters. The molecule has 0 saturated carbocycles. The van der Waals surface area contributed by atoms with Crippen molar-refractivity contribution in [2.75, 3.05) is 0 Å². The van der Waals surface area contributed by atoms with E-state index in [1.54, 1.807) is 35.6 Å². The number of ether oxygens (including phenoxy) is 1. The first-order valence-corrected chi connectivity index (χ1v) is 7.07. The maximum absolute atomic E-state index is 11.5. The van der Waals surface area contributed by atoms with Crippen molar-refractivity contribution in [1.29, 1.82) is 0 Å². The number of hydrogen-bond acceptors (Lipinski definition) is 6. The summed E-state index contributed by atoms with van der Waals surface area (Å²) in [6, 6.07) is 9.12. The number of nitrogens with zero attached hydrogens (tertiary/aromatic N) is 1.